The molecule has 150 valence electrons. The van der Waals surface area contributed by atoms with E-state index in [-0.39, 0.29) is 12.5 Å². The number of ether oxygens (including phenoxy) is 1. The molecule has 3 aromatic rings. The van der Waals surface area contributed by atoms with Crippen molar-refractivity contribution in [3.8, 4) is 11.4 Å². The van der Waals surface area contributed by atoms with E-state index in [4.69, 9.17) is 16.3 Å². The maximum absolute atomic E-state index is 12.5. The van der Waals surface area contributed by atoms with Gasteiger partial charge in [-0.2, -0.15) is 0 Å². The lowest BCUT2D eigenvalue weighted by atomic mass is 10.1. The highest BCUT2D eigenvalue weighted by Gasteiger charge is 2.12. The topological polar surface area (TPSA) is 82.3 Å². The van der Waals surface area contributed by atoms with Gasteiger partial charge in [0.2, 0.25) is 5.91 Å². The van der Waals surface area contributed by atoms with Crippen LogP contribution in [-0.2, 0) is 17.8 Å². The van der Waals surface area contributed by atoms with E-state index < -0.39 is 11.1 Å². The summed E-state index contributed by atoms with van der Waals surface area (Å²) in [6.07, 6.45) is 3.49. The highest BCUT2D eigenvalue weighted by atomic mass is 35.5. The van der Waals surface area contributed by atoms with Crippen LogP contribution in [0.2, 0.25) is 5.02 Å². The summed E-state index contributed by atoms with van der Waals surface area (Å²) in [5, 5.41) is 3.40. The summed E-state index contributed by atoms with van der Waals surface area (Å²) in [7, 11) is 1.49. The van der Waals surface area contributed by atoms with Gasteiger partial charge in [-0.15, -0.1) is 0 Å². The van der Waals surface area contributed by atoms with E-state index in [1.807, 2.05) is 12.1 Å². The van der Waals surface area contributed by atoms with E-state index in [0.717, 1.165) is 10.1 Å². The van der Waals surface area contributed by atoms with Crippen molar-refractivity contribution < 1.29 is 9.53 Å². The number of carbonyl (C=O) groups excluding carboxylic acids is 1. The van der Waals surface area contributed by atoms with Crippen LogP contribution in [0.5, 0.6) is 5.75 Å². The van der Waals surface area contributed by atoms with Crippen molar-refractivity contribution in [2.45, 2.75) is 13.0 Å². The van der Waals surface area contributed by atoms with Gasteiger partial charge >= 0.3 is 11.1 Å². The average molecular weight is 414 g/mol. The first-order valence-electron chi connectivity index (χ1n) is 8.96. The Hall–Kier alpha value is -3.32. The van der Waals surface area contributed by atoms with Gasteiger partial charge in [-0.25, -0.2) is 0 Å². The Kier molecular flexibility index (Phi) is 6.51. The lowest BCUT2D eigenvalue weighted by Crippen LogP contribution is -2.42. The molecule has 7 nitrogen and oxygen atoms in total. The third kappa shape index (κ3) is 4.94. The molecule has 1 heterocycles. The Morgan fingerprint density at radius 1 is 1.03 bits per heavy atom. The Morgan fingerprint density at radius 2 is 1.76 bits per heavy atom. The number of benzene rings is 2. The Morgan fingerprint density at radius 3 is 2.48 bits per heavy atom. The number of halogens is 1. The highest BCUT2D eigenvalue weighted by molar-refractivity contribution is 6.30. The van der Waals surface area contributed by atoms with E-state index in [0.29, 0.717) is 29.4 Å². The van der Waals surface area contributed by atoms with Gasteiger partial charge in [-0.3, -0.25) is 23.5 Å². The van der Waals surface area contributed by atoms with Crippen molar-refractivity contribution in [1.82, 2.24) is 14.5 Å². The summed E-state index contributed by atoms with van der Waals surface area (Å²) in [5.74, 6) is 0.113. The summed E-state index contributed by atoms with van der Waals surface area (Å²) in [5.41, 5.74) is -0.0554. The number of methoxy groups -OCH3 is 1. The molecular weight excluding hydrogens is 394 g/mol. The maximum Gasteiger partial charge on any atom is 0.321 e. The van der Waals surface area contributed by atoms with Crippen LogP contribution in [0.15, 0.2) is 70.5 Å². The first kappa shape index (κ1) is 20.4. The minimum atomic E-state index is -0.786. The molecule has 0 radical (unpaired) electrons. The minimum Gasteiger partial charge on any atom is -0.495 e. The molecule has 0 aliphatic rings. The summed E-state index contributed by atoms with van der Waals surface area (Å²) < 4.78 is 7.53. The van der Waals surface area contributed by atoms with Gasteiger partial charge in [0.25, 0.3) is 0 Å². The Bertz CT molecular complexity index is 1120. The molecule has 0 saturated carbocycles. The number of nitrogens with zero attached hydrogens (tertiary/aromatic N) is 2. The fourth-order valence-corrected chi connectivity index (χ4v) is 2.99. The normalized spacial score (nSPS) is 10.6. The molecule has 0 spiro atoms. The average Bonchev–Trinajstić information content (AvgIpc) is 2.73. The molecule has 1 aromatic heterocycles. The van der Waals surface area contributed by atoms with Crippen molar-refractivity contribution in [3.63, 3.8) is 0 Å². The number of aromatic nitrogens is 2. The molecule has 0 aliphatic carbocycles. The SMILES string of the molecule is COc1ccccc1-n1ccn(CC(=O)NCCc2ccc(Cl)cc2)c(=O)c1=O. The van der Waals surface area contributed by atoms with Gasteiger partial charge in [-0.1, -0.05) is 35.9 Å². The van der Waals surface area contributed by atoms with Gasteiger partial charge in [0, 0.05) is 24.0 Å². The second kappa shape index (κ2) is 9.25. The van der Waals surface area contributed by atoms with Crippen molar-refractivity contribution >= 4 is 17.5 Å². The van der Waals surface area contributed by atoms with E-state index in [9.17, 15) is 14.4 Å². The molecule has 0 saturated heterocycles. The largest absolute Gasteiger partial charge is 0.495 e. The molecule has 1 amide bonds. The monoisotopic (exact) mass is 413 g/mol. The number of carbonyl (C=O) groups is 1. The third-order valence-electron chi connectivity index (χ3n) is 4.37. The molecule has 0 bridgehead atoms. The lowest BCUT2D eigenvalue weighted by Gasteiger charge is -2.12. The molecule has 0 fully saturated rings. The van der Waals surface area contributed by atoms with Crippen molar-refractivity contribution in [1.29, 1.82) is 0 Å². The fourth-order valence-electron chi connectivity index (χ4n) is 2.86. The Labute approximate surface area is 172 Å². The summed E-state index contributed by atoms with van der Waals surface area (Å²) in [6.45, 7) is 0.176. The van der Waals surface area contributed by atoms with E-state index in [2.05, 4.69) is 5.32 Å². The predicted octanol–water partition coefficient (Wildman–Crippen LogP) is 2.02. The van der Waals surface area contributed by atoms with Crippen LogP contribution in [0.1, 0.15) is 5.56 Å². The number of nitrogens with one attached hydrogen (secondary N) is 1. The quantitative estimate of drug-likeness (QED) is 0.601. The second-order valence-electron chi connectivity index (χ2n) is 6.30. The number of hydrogen-bond donors (Lipinski definition) is 1. The maximum atomic E-state index is 12.5. The van der Waals surface area contributed by atoms with Gasteiger partial charge in [0.1, 0.15) is 12.3 Å². The van der Waals surface area contributed by atoms with Crippen LogP contribution in [0.3, 0.4) is 0 Å². The summed E-state index contributed by atoms with van der Waals surface area (Å²) in [4.78, 5) is 37.1. The van der Waals surface area contributed by atoms with Crippen LogP contribution in [0.25, 0.3) is 5.69 Å². The predicted molar refractivity (Wildman–Crippen MR) is 111 cm³/mol. The standard InChI is InChI=1S/C21H20ClN3O4/c1-29-18-5-3-2-4-17(18)25-13-12-24(20(27)21(25)28)14-19(26)23-11-10-15-6-8-16(22)9-7-15/h2-9,12-13H,10-11,14H2,1H3,(H,23,26). The smallest absolute Gasteiger partial charge is 0.321 e. The van der Waals surface area contributed by atoms with Crippen molar-refractivity contribution in [3.05, 3.63) is 92.2 Å². The molecule has 3 rings (SSSR count). The van der Waals surface area contributed by atoms with E-state index >= 15 is 0 Å². The van der Waals surface area contributed by atoms with Crippen LogP contribution >= 0.6 is 11.6 Å². The van der Waals surface area contributed by atoms with Gasteiger partial charge in [0.15, 0.2) is 0 Å². The number of amides is 1. The molecule has 0 aliphatic heterocycles. The first-order valence-corrected chi connectivity index (χ1v) is 9.34. The molecule has 1 N–H and O–H groups in total. The number of hydrogen-bond acceptors (Lipinski definition) is 4. The first-order chi connectivity index (χ1) is 14.0. The molecular formula is C21H20ClN3O4. The molecule has 29 heavy (non-hydrogen) atoms. The summed E-state index contributed by atoms with van der Waals surface area (Å²) in [6, 6.07) is 14.2. The minimum absolute atomic E-state index is 0.235. The fraction of sp³-hybridized carbons (Fsp3) is 0.190. The van der Waals surface area contributed by atoms with Gasteiger partial charge < -0.3 is 10.1 Å². The van der Waals surface area contributed by atoms with E-state index in [1.165, 1.54) is 24.1 Å². The number of rotatable bonds is 7. The molecule has 0 atom stereocenters. The second-order valence-corrected chi connectivity index (χ2v) is 6.74. The Balaban J connectivity index is 1.67. The van der Waals surface area contributed by atoms with Crippen molar-refractivity contribution in [2.75, 3.05) is 13.7 Å². The van der Waals surface area contributed by atoms with Gasteiger partial charge in [0.05, 0.1) is 12.8 Å². The zero-order valence-electron chi connectivity index (χ0n) is 15.8. The molecule has 2 aromatic carbocycles. The highest BCUT2D eigenvalue weighted by Crippen LogP contribution is 2.19. The lowest BCUT2D eigenvalue weighted by molar-refractivity contribution is -0.121. The van der Waals surface area contributed by atoms with E-state index in [1.54, 1.807) is 36.4 Å². The summed E-state index contributed by atoms with van der Waals surface area (Å²) >= 11 is 5.84. The van der Waals surface area contributed by atoms with Crippen LogP contribution < -0.4 is 21.2 Å². The van der Waals surface area contributed by atoms with Crippen molar-refractivity contribution in [2.24, 2.45) is 0 Å². The molecule has 0 unspecified atom stereocenters. The van der Waals surface area contributed by atoms with Gasteiger partial charge in [-0.05, 0) is 36.2 Å². The molecule has 8 heteroatoms. The van der Waals surface area contributed by atoms with Crippen LogP contribution in [-0.4, -0.2) is 28.7 Å². The third-order valence-corrected chi connectivity index (χ3v) is 4.62. The van der Waals surface area contributed by atoms with Crippen LogP contribution in [0.4, 0.5) is 0 Å². The number of para-hydroxylation sites is 2. The zero-order chi connectivity index (χ0) is 20.8. The van der Waals surface area contributed by atoms with Crippen LogP contribution in [0, 0.1) is 0 Å². The zero-order valence-corrected chi connectivity index (χ0v) is 16.6.